The molecule has 0 aromatic heterocycles. The van der Waals surface area contributed by atoms with Crippen molar-refractivity contribution < 1.29 is 24.2 Å². The molecule has 0 aliphatic heterocycles. The highest BCUT2D eigenvalue weighted by molar-refractivity contribution is 5.88. The van der Waals surface area contributed by atoms with Gasteiger partial charge in [0.1, 0.15) is 17.8 Å². The second-order valence-corrected chi connectivity index (χ2v) is 8.42. The zero-order chi connectivity index (χ0) is 23.2. The van der Waals surface area contributed by atoms with Crippen molar-refractivity contribution in [1.82, 2.24) is 16.0 Å². The number of amides is 2. The number of carbonyl (C=O) groups is 3. The molecule has 8 heteroatoms. The number of rotatable bonds is 15. The highest BCUT2D eigenvalue weighted by atomic mass is 16.5. The number of carbonyl (C=O) groups excluding carboxylic acids is 2. The third kappa shape index (κ3) is 8.86. The molecule has 2 atom stereocenters. The first-order valence-electron chi connectivity index (χ1n) is 11.6. The van der Waals surface area contributed by atoms with E-state index in [-0.39, 0.29) is 12.3 Å². The molecule has 1 aliphatic carbocycles. The Bertz CT molecular complexity index is 721. The van der Waals surface area contributed by atoms with E-state index in [0.29, 0.717) is 18.8 Å². The molecular formula is C24H37N3O5. The summed E-state index contributed by atoms with van der Waals surface area (Å²) in [5, 5.41) is 18.0. The van der Waals surface area contributed by atoms with Crippen LogP contribution in [0.1, 0.15) is 56.9 Å². The van der Waals surface area contributed by atoms with E-state index < -0.39 is 24.0 Å². The largest absolute Gasteiger partial charge is 0.494 e. The van der Waals surface area contributed by atoms with Crippen LogP contribution in [0.2, 0.25) is 0 Å². The Morgan fingerprint density at radius 2 is 1.97 bits per heavy atom. The van der Waals surface area contributed by atoms with Gasteiger partial charge in [-0.2, -0.15) is 0 Å². The number of nitrogens with one attached hydrogen (secondary N) is 3. The van der Waals surface area contributed by atoms with Crippen LogP contribution in [-0.4, -0.2) is 55.7 Å². The lowest BCUT2D eigenvalue weighted by Crippen LogP contribution is -2.53. The number of hydrogen-bond donors (Lipinski definition) is 4. The molecule has 0 saturated heterocycles. The first-order valence-corrected chi connectivity index (χ1v) is 11.6. The van der Waals surface area contributed by atoms with Gasteiger partial charge in [0, 0.05) is 6.42 Å². The number of unbranched alkanes of at least 4 members (excludes halogenated alkanes) is 2. The molecule has 8 nitrogen and oxygen atoms in total. The molecule has 1 fully saturated rings. The normalized spacial score (nSPS) is 16.0. The van der Waals surface area contributed by atoms with Crippen LogP contribution in [0, 0.1) is 5.92 Å². The predicted octanol–water partition coefficient (Wildman–Crippen LogP) is 2.26. The molecule has 0 heterocycles. The number of ether oxygens (including phenoxy) is 1. The lowest BCUT2D eigenvalue weighted by Gasteiger charge is -2.29. The molecule has 1 aliphatic rings. The van der Waals surface area contributed by atoms with Gasteiger partial charge in [0.15, 0.2) is 0 Å². The van der Waals surface area contributed by atoms with Gasteiger partial charge >= 0.3 is 5.97 Å². The standard InChI is InChI=1S/C24H37N3O5/c1-25-13-6-3-7-14-32-20-12-8-9-18(15-20)16-21(24(30)31)27-23(29)22(26-17-28)19-10-4-2-5-11-19/h8-9,12,15,17,19,21-22,25H,2-7,10-11,13-14,16H2,1H3,(H,26,28)(H,27,29)(H,30,31)/t21-,22-/m0/s1. The maximum absolute atomic E-state index is 12.8. The van der Waals surface area contributed by atoms with Crippen LogP contribution in [0.25, 0.3) is 0 Å². The Hall–Kier alpha value is -2.61. The molecule has 1 aromatic rings. The zero-order valence-corrected chi connectivity index (χ0v) is 19.0. The van der Waals surface area contributed by atoms with Crippen molar-refractivity contribution in [3.8, 4) is 5.75 Å². The number of hydrogen-bond acceptors (Lipinski definition) is 5. The summed E-state index contributed by atoms with van der Waals surface area (Å²) >= 11 is 0. The molecule has 178 valence electrons. The van der Waals surface area contributed by atoms with Gasteiger partial charge in [-0.15, -0.1) is 0 Å². The molecule has 0 spiro atoms. The lowest BCUT2D eigenvalue weighted by molar-refractivity contribution is -0.142. The van der Waals surface area contributed by atoms with Gasteiger partial charge in [0.05, 0.1) is 6.61 Å². The van der Waals surface area contributed by atoms with Gasteiger partial charge in [-0.3, -0.25) is 9.59 Å². The molecule has 32 heavy (non-hydrogen) atoms. The van der Waals surface area contributed by atoms with E-state index in [4.69, 9.17) is 4.74 Å². The Balaban J connectivity index is 1.93. The SMILES string of the molecule is CNCCCCCOc1cccc(C[C@H](NC(=O)[C@@H](NC=O)C2CCCCC2)C(=O)O)c1. The van der Waals surface area contributed by atoms with Crippen LogP contribution in [0.15, 0.2) is 24.3 Å². The molecule has 0 unspecified atom stereocenters. The van der Waals surface area contributed by atoms with Crippen molar-refractivity contribution in [1.29, 1.82) is 0 Å². The van der Waals surface area contributed by atoms with Crippen LogP contribution in [-0.2, 0) is 20.8 Å². The van der Waals surface area contributed by atoms with E-state index in [2.05, 4.69) is 16.0 Å². The van der Waals surface area contributed by atoms with Gasteiger partial charge in [-0.25, -0.2) is 4.79 Å². The van der Waals surface area contributed by atoms with Gasteiger partial charge < -0.3 is 25.8 Å². The molecule has 0 bridgehead atoms. The first-order chi connectivity index (χ1) is 15.5. The third-order valence-corrected chi connectivity index (χ3v) is 5.94. The molecule has 1 aromatic carbocycles. The topological polar surface area (TPSA) is 117 Å². The zero-order valence-electron chi connectivity index (χ0n) is 19.0. The Morgan fingerprint density at radius 3 is 2.66 bits per heavy atom. The van der Waals surface area contributed by atoms with Crippen LogP contribution in [0.4, 0.5) is 0 Å². The molecule has 2 rings (SSSR count). The maximum Gasteiger partial charge on any atom is 0.326 e. The number of benzene rings is 1. The molecule has 2 amide bonds. The minimum atomic E-state index is -1.11. The predicted molar refractivity (Wildman–Crippen MR) is 123 cm³/mol. The fourth-order valence-corrected chi connectivity index (χ4v) is 4.20. The van der Waals surface area contributed by atoms with Gasteiger partial charge in [0.25, 0.3) is 0 Å². The minimum absolute atomic E-state index is 0.0354. The summed E-state index contributed by atoms with van der Waals surface area (Å²) in [7, 11) is 1.93. The van der Waals surface area contributed by atoms with Crippen molar-refractivity contribution in [2.24, 2.45) is 5.92 Å². The Kier molecular flexibility index (Phi) is 11.6. The average molecular weight is 448 g/mol. The van der Waals surface area contributed by atoms with Gasteiger partial charge in [-0.1, -0.05) is 31.4 Å². The van der Waals surface area contributed by atoms with Crippen molar-refractivity contribution in [2.45, 2.75) is 69.9 Å². The van der Waals surface area contributed by atoms with Crippen LogP contribution in [0.3, 0.4) is 0 Å². The van der Waals surface area contributed by atoms with Crippen molar-refractivity contribution >= 4 is 18.3 Å². The van der Waals surface area contributed by atoms with Crippen LogP contribution >= 0.6 is 0 Å². The highest BCUT2D eigenvalue weighted by Gasteiger charge is 2.32. The summed E-state index contributed by atoms with van der Waals surface area (Å²) < 4.78 is 5.80. The number of aliphatic carboxylic acids is 1. The van der Waals surface area contributed by atoms with E-state index in [1.54, 1.807) is 0 Å². The second-order valence-electron chi connectivity index (χ2n) is 8.42. The Morgan fingerprint density at radius 1 is 1.19 bits per heavy atom. The fraction of sp³-hybridized carbons (Fsp3) is 0.625. The van der Waals surface area contributed by atoms with Crippen LogP contribution in [0.5, 0.6) is 5.75 Å². The monoisotopic (exact) mass is 447 g/mol. The Labute approximate surface area is 190 Å². The average Bonchev–Trinajstić information content (AvgIpc) is 2.80. The fourth-order valence-electron chi connectivity index (χ4n) is 4.20. The summed E-state index contributed by atoms with van der Waals surface area (Å²) in [6, 6.07) is 5.53. The van der Waals surface area contributed by atoms with Crippen molar-refractivity contribution in [3.63, 3.8) is 0 Å². The minimum Gasteiger partial charge on any atom is -0.494 e. The smallest absolute Gasteiger partial charge is 0.326 e. The van der Waals surface area contributed by atoms with E-state index in [9.17, 15) is 19.5 Å². The summed E-state index contributed by atoms with van der Waals surface area (Å²) in [4.78, 5) is 35.7. The number of carboxylic acids is 1. The second kappa shape index (κ2) is 14.5. The summed E-state index contributed by atoms with van der Waals surface area (Å²) in [5.41, 5.74) is 0.767. The van der Waals surface area contributed by atoms with Crippen molar-refractivity contribution in [2.75, 3.05) is 20.2 Å². The number of carboxylic acid groups (broad SMARTS) is 1. The van der Waals surface area contributed by atoms with E-state index in [1.807, 2.05) is 31.3 Å². The van der Waals surface area contributed by atoms with Gasteiger partial charge in [0.2, 0.25) is 12.3 Å². The summed E-state index contributed by atoms with van der Waals surface area (Å²) in [6.45, 7) is 1.59. The van der Waals surface area contributed by atoms with E-state index in [1.165, 1.54) is 0 Å². The van der Waals surface area contributed by atoms with Crippen LogP contribution < -0.4 is 20.7 Å². The molecular weight excluding hydrogens is 410 g/mol. The summed E-state index contributed by atoms with van der Waals surface area (Å²) in [6.07, 6.45) is 8.64. The quantitative estimate of drug-likeness (QED) is 0.242. The van der Waals surface area contributed by atoms with E-state index in [0.717, 1.165) is 63.5 Å². The van der Waals surface area contributed by atoms with Gasteiger partial charge in [-0.05, 0) is 69.3 Å². The highest BCUT2D eigenvalue weighted by Crippen LogP contribution is 2.26. The van der Waals surface area contributed by atoms with E-state index >= 15 is 0 Å². The third-order valence-electron chi connectivity index (χ3n) is 5.94. The molecule has 1 saturated carbocycles. The molecule has 0 radical (unpaired) electrons. The maximum atomic E-state index is 12.8. The van der Waals surface area contributed by atoms with Crippen molar-refractivity contribution in [3.05, 3.63) is 29.8 Å². The summed E-state index contributed by atoms with van der Waals surface area (Å²) in [5.74, 6) is -0.824. The lowest BCUT2D eigenvalue weighted by atomic mass is 9.83. The first kappa shape index (κ1) is 25.6. The molecule has 4 N–H and O–H groups in total.